The monoisotopic (exact) mass is 755 g/mol. The third kappa shape index (κ3) is 6.99. The molecule has 5 atom stereocenters. The maximum Gasteiger partial charge on any atom is 0.272 e. The lowest BCUT2D eigenvalue weighted by atomic mass is 10.0. The summed E-state index contributed by atoms with van der Waals surface area (Å²) in [6.07, 6.45) is 12.2. The highest BCUT2D eigenvalue weighted by Gasteiger charge is 2.62. The summed E-state index contributed by atoms with van der Waals surface area (Å²) in [6, 6.07) is 6.96. The van der Waals surface area contributed by atoms with Gasteiger partial charge in [0, 0.05) is 42.6 Å². The topological polar surface area (TPSA) is 207 Å². The number of pyridine rings is 1. The van der Waals surface area contributed by atoms with Crippen LogP contribution in [-0.4, -0.2) is 97.2 Å². The number of carbonyl (C=O) groups is 4. The van der Waals surface area contributed by atoms with Gasteiger partial charge in [0.25, 0.3) is 11.8 Å². The Bertz CT molecular complexity index is 2290. The Balaban J connectivity index is 1.12. The zero-order valence-electron chi connectivity index (χ0n) is 29.7. The van der Waals surface area contributed by atoms with E-state index in [0.717, 1.165) is 23.6 Å². The average molecular weight is 756 g/mol. The number of nitrogens with one attached hydrogen (secondary N) is 3. The Hall–Kier alpha value is -5.45. The van der Waals surface area contributed by atoms with E-state index in [1.807, 2.05) is 36.4 Å². The molecule has 17 heteroatoms. The Morgan fingerprint density at radius 2 is 1.85 bits per heavy atom. The van der Waals surface area contributed by atoms with Gasteiger partial charge in [0.15, 0.2) is 5.65 Å². The summed E-state index contributed by atoms with van der Waals surface area (Å²) in [5.74, 6) is -2.59. The second-order valence-corrected chi connectivity index (χ2v) is 16.6. The largest absolute Gasteiger partial charge is 0.472 e. The summed E-state index contributed by atoms with van der Waals surface area (Å²) in [6.45, 7) is -0.0245. The predicted octanol–water partition coefficient (Wildman–Crippen LogP) is 2.06. The molecule has 3 N–H and O–H groups in total. The molecule has 2 saturated carbocycles. The second kappa shape index (κ2) is 14.1. The Morgan fingerprint density at radius 3 is 2.63 bits per heavy atom. The van der Waals surface area contributed by atoms with Gasteiger partial charge in [-0.05, 0) is 56.0 Å². The van der Waals surface area contributed by atoms with E-state index in [-0.39, 0.29) is 31.0 Å². The van der Waals surface area contributed by atoms with Crippen molar-refractivity contribution in [1.29, 1.82) is 0 Å². The number of rotatable bonds is 7. The minimum atomic E-state index is -3.90. The van der Waals surface area contributed by atoms with Crippen molar-refractivity contribution in [2.75, 3.05) is 6.54 Å². The number of nitrogens with zero attached hydrogens (tertiary/aromatic N) is 6. The Kier molecular flexibility index (Phi) is 9.27. The lowest BCUT2D eigenvalue weighted by molar-refractivity contribution is -0.141. The van der Waals surface area contributed by atoms with Crippen LogP contribution in [0.1, 0.15) is 68.3 Å². The summed E-state index contributed by atoms with van der Waals surface area (Å²) >= 11 is 0. The molecule has 1 aromatic carbocycles. The maximum atomic E-state index is 14.6. The normalized spacial score (nSPS) is 26.9. The van der Waals surface area contributed by atoms with Crippen molar-refractivity contribution in [2.24, 2.45) is 13.0 Å². The van der Waals surface area contributed by atoms with Gasteiger partial charge in [-0.15, -0.1) is 0 Å². The molecule has 4 aromatic rings. The fourth-order valence-electron chi connectivity index (χ4n) is 7.53. The van der Waals surface area contributed by atoms with Crippen LogP contribution in [0.4, 0.5) is 0 Å². The SMILES string of the molecule is Cn1ccc(C(=O)N[C@H]2CCCCC/C=C\[C@@H]3C[C@@]3(C(=O)NS(=O)(=O)C3CC3)NC(=O)[C@@H]3C[C@@H](Oc4nc5ncncc5c5ccccc45)CN3C2=O)n1. The number of benzene rings is 1. The molecule has 2 aliphatic heterocycles. The number of amides is 4. The van der Waals surface area contributed by atoms with Gasteiger partial charge < -0.3 is 20.3 Å². The molecule has 0 bridgehead atoms. The van der Waals surface area contributed by atoms with Crippen molar-refractivity contribution in [1.82, 2.24) is 45.0 Å². The van der Waals surface area contributed by atoms with Crippen molar-refractivity contribution in [3.05, 3.63) is 66.9 Å². The standard InChI is InChI=1S/C37H41N9O7S/c1-45-16-15-28(43-45)32(47)40-29-12-6-4-2-3-5-9-22-18-37(22,36(50)44-54(51,52)24-13-14-24)42-33(48)30-17-23(20-46(30)35(29)49)53-34-26-11-8-7-10-25(26)27-19-38-21-39-31(27)41-34/h5,7-11,15-16,19,21-24,29-30H,2-4,6,12-14,17-18,20H2,1H3,(H,40,47)(H,42,48)(H,44,50)/b9-5-/t22-,23-,29+,30+,37-/m1/s1. The maximum absolute atomic E-state index is 14.6. The Labute approximate surface area is 311 Å². The molecule has 1 saturated heterocycles. The molecule has 4 amide bonds. The molecule has 8 rings (SSSR count). The first kappa shape index (κ1) is 35.6. The third-order valence-electron chi connectivity index (χ3n) is 10.7. The van der Waals surface area contributed by atoms with Crippen LogP contribution in [0.25, 0.3) is 21.8 Å². The zero-order valence-corrected chi connectivity index (χ0v) is 30.5. The fourth-order valence-corrected chi connectivity index (χ4v) is 8.89. The summed E-state index contributed by atoms with van der Waals surface area (Å²) in [5.41, 5.74) is -0.944. The predicted molar refractivity (Wildman–Crippen MR) is 195 cm³/mol. The molecule has 3 fully saturated rings. The number of fused-ring (bicyclic) bond motifs is 5. The van der Waals surface area contributed by atoms with Gasteiger partial charge in [-0.1, -0.05) is 43.2 Å². The molecule has 3 aromatic heterocycles. The van der Waals surface area contributed by atoms with Crippen LogP contribution in [0.15, 0.2) is 61.2 Å². The number of allylic oxidation sites excluding steroid dienone is 1. The molecule has 16 nitrogen and oxygen atoms in total. The molecule has 0 radical (unpaired) electrons. The van der Waals surface area contributed by atoms with Crippen LogP contribution < -0.4 is 20.1 Å². The highest BCUT2D eigenvalue weighted by Crippen LogP contribution is 2.46. The van der Waals surface area contributed by atoms with E-state index in [0.29, 0.717) is 43.1 Å². The van der Waals surface area contributed by atoms with Crippen LogP contribution in [0, 0.1) is 5.92 Å². The summed E-state index contributed by atoms with van der Waals surface area (Å²) in [4.78, 5) is 70.6. The van der Waals surface area contributed by atoms with Crippen LogP contribution in [0.3, 0.4) is 0 Å². The number of hydrogen-bond donors (Lipinski definition) is 3. The van der Waals surface area contributed by atoms with Crippen LogP contribution >= 0.6 is 0 Å². The molecule has 0 spiro atoms. The van der Waals surface area contributed by atoms with Crippen molar-refractivity contribution in [3.8, 4) is 5.88 Å². The lowest BCUT2D eigenvalue weighted by Gasteiger charge is -2.29. The van der Waals surface area contributed by atoms with E-state index in [2.05, 4.69) is 35.4 Å². The van der Waals surface area contributed by atoms with E-state index in [4.69, 9.17) is 4.74 Å². The summed E-state index contributed by atoms with van der Waals surface area (Å²) in [7, 11) is -2.21. The van der Waals surface area contributed by atoms with Gasteiger partial charge in [-0.2, -0.15) is 10.1 Å². The molecule has 54 heavy (non-hydrogen) atoms. The van der Waals surface area contributed by atoms with Crippen molar-refractivity contribution in [3.63, 3.8) is 0 Å². The van der Waals surface area contributed by atoms with Crippen LogP contribution in [0.2, 0.25) is 0 Å². The first-order chi connectivity index (χ1) is 26.0. The molecule has 5 heterocycles. The Morgan fingerprint density at radius 1 is 1.04 bits per heavy atom. The van der Waals surface area contributed by atoms with Crippen LogP contribution in [-0.2, 0) is 31.5 Å². The first-order valence-electron chi connectivity index (χ1n) is 18.3. The van der Waals surface area contributed by atoms with Gasteiger partial charge in [-0.3, -0.25) is 28.6 Å². The molecular weight excluding hydrogens is 715 g/mol. The molecule has 0 unspecified atom stereocenters. The molecule has 282 valence electrons. The summed E-state index contributed by atoms with van der Waals surface area (Å²) in [5, 5.41) is 11.6. The smallest absolute Gasteiger partial charge is 0.272 e. The quantitative estimate of drug-likeness (QED) is 0.184. The van der Waals surface area contributed by atoms with E-state index in [1.165, 1.54) is 15.9 Å². The van der Waals surface area contributed by atoms with Crippen molar-refractivity contribution < 1.29 is 32.3 Å². The van der Waals surface area contributed by atoms with Crippen molar-refractivity contribution in [2.45, 2.75) is 86.8 Å². The number of ether oxygens (including phenoxy) is 1. The van der Waals surface area contributed by atoms with E-state index in [1.54, 1.807) is 25.5 Å². The van der Waals surface area contributed by atoms with E-state index >= 15 is 0 Å². The van der Waals surface area contributed by atoms with Gasteiger partial charge >= 0.3 is 0 Å². The molecular formula is C37H41N9O7S. The molecule has 4 aliphatic rings. The molecule has 2 aliphatic carbocycles. The summed E-state index contributed by atoms with van der Waals surface area (Å²) < 4.78 is 35.9. The highest BCUT2D eigenvalue weighted by molar-refractivity contribution is 7.91. The minimum Gasteiger partial charge on any atom is -0.472 e. The third-order valence-corrected chi connectivity index (χ3v) is 12.5. The highest BCUT2D eigenvalue weighted by atomic mass is 32.2. The first-order valence-corrected chi connectivity index (χ1v) is 19.9. The fraction of sp³-hybridized carbons (Fsp3) is 0.459. The average Bonchev–Trinajstić information content (AvgIpc) is 4.05. The van der Waals surface area contributed by atoms with E-state index < -0.39 is 68.5 Å². The van der Waals surface area contributed by atoms with Crippen LogP contribution in [0.5, 0.6) is 5.88 Å². The van der Waals surface area contributed by atoms with Gasteiger partial charge in [-0.25, -0.2) is 18.4 Å². The van der Waals surface area contributed by atoms with Crippen molar-refractivity contribution >= 4 is 55.5 Å². The number of aromatic nitrogens is 5. The van der Waals surface area contributed by atoms with Gasteiger partial charge in [0.05, 0.1) is 11.8 Å². The van der Waals surface area contributed by atoms with E-state index in [9.17, 15) is 27.6 Å². The second-order valence-electron chi connectivity index (χ2n) is 14.6. The number of carbonyl (C=O) groups excluding carboxylic acids is 4. The van der Waals surface area contributed by atoms with Gasteiger partial charge in [0.1, 0.15) is 35.7 Å². The number of aryl methyl sites for hydroxylation is 1. The lowest BCUT2D eigenvalue weighted by Crippen LogP contribution is -2.58. The number of hydrogen-bond acceptors (Lipinski definition) is 11. The minimum absolute atomic E-state index is 0.0245. The van der Waals surface area contributed by atoms with Gasteiger partial charge in [0.2, 0.25) is 27.7 Å². The number of sulfonamides is 1. The zero-order chi connectivity index (χ0) is 37.6.